The van der Waals surface area contributed by atoms with E-state index in [0.29, 0.717) is 21.7 Å². The Morgan fingerprint density at radius 2 is 2.00 bits per heavy atom. The topological polar surface area (TPSA) is 77.1 Å². The van der Waals surface area contributed by atoms with E-state index in [9.17, 15) is 13.6 Å². The molecule has 1 amide bonds. The van der Waals surface area contributed by atoms with Crippen molar-refractivity contribution in [3.8, 4) is 0 Å². The quantitative estimate of drug-likeness (QED) is 0.359. The SMILES string of the molecule is Cc1cc(C(F)(F)Cl)n2nc(C(=O)Nc3nn(Cc4ccccc4Cl)cc3Br)cc2n1. The van der Waals surface area contributed by atoms with Crippen molar-refractivity contribution in [2.75, 3.05) is 5.32 Å². The molecule has 0 unspecified atom stereocenters. The molecule has 0 fully saturated rings. The van der Waals surface area contributed by atoms with Crippen LogP contribution < -0.4 is 5.32 Å². The van der Waals surface area contributed by atoms with Gasteiger partial charge in [-0.1, -0.05) is 29.8 Å². The van der Waals surface area contributed by atoms with E-state index in [2.05, 4.69) is 36.4 Å². The average molecular weight is 530 g/mol. The molecule has 3 aromatic heterocycles. The van der Waals surface area contributed by atoms with Gasteiger partial charge in [0.2, 0.25) is 0 Å². The fourth-order valence-electron chi connectivity index (χ4n) is 2.95. The van der Waals surface area contributed by atoms with Crippen molar-refractivity contribution in [2.24, 2.45) is 0 Å². The number of fused-ring (bicyclic) bond motifs is 1. The van der Waals surface area contributed by atoms with Gasteiger partial charge in [-0.05, 0) is 52.2 Å². The zero-order chi connectivity index (χ0) is 22.3. The number of nitrogens with zero attached hydrogens (tertiary/aromatic N) is 5. The van der Waals surface area contributed by atoms with Crippen molar-refractivity contribution in [2.45, 2.75) is 18.9 Å². The number of hydrogen-bond acceptors (Lipinski definition) is 4. The molecule has 0 bridgehead atoms. The zero-order valence-electron chi connectivity index (χ0n) is 15.8. The van der Waals surface area contributed by atoms with Crippen LogP contribution in [0.3, 0.4) is 0 Å². The number of aryl methyl sites for hydroxylation is 1. The Hall–Kier alpha value is -2.56. The molecule has 12 heteroatoms. The van der Waals surface area contributed by atoms with Gasteiger partial charge in [0.05, 0.1) is 11.0 Å². The molecule has 160 valence electrons. The second kappa shape index (κ2) is 8.18. The number of alkyl halides is 3. The van der Waals surface area contributed by atoms with Crippen LogP contribution in [0.15, 0.2) is 47.1 Å². The van der Waals surface area contributed by atoms with Gasteiger partial charge in [-0.15, -0.1) is 0 Å². The van der Waals surface area contributed by atoms with Crippen LogP contribution in [0.1, 0.15) is 27.4 Å². The maximum Gasteiger partial charge on any atom is 0.364 e. The Morgan fingerprint density at radius 3 is 2.71 bits per heavy atom. The van der Waals surface area contributed by atoms with E-state index < -0.39 is 17.0 Å². The molecule has 0 aliphatic rings. The first kappa shape index (κ1) is 21.7. The Kier molecular flexibility index (Phi) is 5.71. The van der Waals surface area contributed by atoms with Gasteiger partial charge in [-0.25, -0.2) is 9.50 Å². The molecule has 3 heterocycles. The Bertz CT molecular complexity index is 1300. The summed E-state index contributed by atoms with van der Waals surface area (Å²) < 4.78 is 30.4. The molecule has 0 spiro atoms. The van der Waals surface area contributed by atoms with Gasteiger partial charge in [0.25, 0.3) is 5.91 Å². The number of benzene rings is 1. The summed E-state index contributed by atoms with van der Waals surface area (Å²) in [7, 11) is 0. The molecule has 4 aromatic rings. The van der Waals surface area contributed by atoms with Gasteiger partial charge in [0, 0.05) is 23.0 Å². The van der Waals surface area contributed by atoms with Crippen molar-refractivity contribution in [3.63, 3.8) is 0 Å². The van der Waals surface area contributed by atoms with Crippen LogP contribution in [-0.4, -0.2) is 30.3 Å². The second-order valence-electron chi connectivity index (χ2n) is 6.65. The lowest BCUT2D eigenvalue weighted by Gasteiger charge is -2.10. The lowest BCUT2D eigenvalue weighted by Crippen LogP contribution is -2.16. The summed E-state index contributed by atoms with van der Waals surface area (Å²) in [5.41, 5.74) is 0.543. The zero-order valence-corrected chi connectivity index (χ0v) is 18.9. The highest BCUT2D eigenvalue weighted by molar-refractivity contribution is 9.10. The fourth-order valence-corrected chi connectivity index (χ4v) is 3.69. The highest BCUT2D eigenvalue weighted by Gasteiger charge is 2.32. The minimum atomic E-state index is -3.67. The normalized spacial score (nSPS) is 11.8. The largest absolute Gasteiger partial charge is 0.364 e. The first-order valence-electron chi connectivity index (χ1n) is 8.84. The molecule has 0 atom stereocenters. The number of amides is 1. The summed E-state index contributed by atoms with van der Waals surface area (Å²) in [5, 5.41) is 7.80. The molecule has 1 N–H and O–H groups in total. The number of carbonyl (C=O) groups excluding carboxylic acids is 1. The van der Waals surface area contributed by atoms with Crippen LogP contribution in [-0.2, 0) is 11.9 Å². The number of aromatic nitrogens is 5. The maximum absolute atomic E-state index is 13.7. The van der Waals surface area contributed by atoms with E-state index >= 15 is 0 Å². The van der Waals surface area contributed by atoms with Crippen LogP contribution in [0.4, 0.5) is 14.6 Å². The van der Waals surface area contributed by atoms with Gasteiger partial charge in [-0.2, -0.15) is 19.0 Å². The van der Waals surface area contributed by atoms with Crippen molar-refractivity contribution in [1.29, 1.82) is 0 Å². The first-order chi connectivity index (χ1) is 14.6. The third-order valence-corrected chi connectivity index (χ3v) is 5.46. The van der Waals surface area contributed by atoms with E-state index in [1.54, 1.807) is 23.9 Å². The van der Waals surface area contributed by atoms with E-state index in [0.717, 1.165) is 16.1 Å². The van der Waals surface area contributed by atoms with Gasteiger partial charge >= 0.3 is 5.38 Å². The molecule has 0 saturated heterocycles. The van der Waals surface area contributed by atoms with Crippen molar-refractivity contribution in [3.05, 3.63) is 74.7 Å². The van der Waals surface area contributed by atoms with E-state index in [-0.39, 0.29) is 17.2 Å². The summed E-state index contributed by atoms with van der Waals surface area (Å²) in [4.78, 5) is 16.8. The van der Waals surface area contributed by atoms with Crippen LogP contribution in [0, 0.1) is 6.92 Å². The highest BCUT2D eigenvalue weighted by Crippen LogP contribution is 2.32. The summed E-state index contributed by atoms with van der Waals surface area (Å²) >= 11 is 14.7. The number of anilines is 1. The monoisotopic (exact) mass is 528 g/mol. The summed E-state index contributed by atoms with van der Waals surface area (Å²) in [5.74, 6) is -0.406. The standard InChI is InChI=1S/C19H13BrCl2F2N6O/c1-10-6-15(19(22,23)24)30-16(25-10)7-14(27-30)18(31)26-17-12(20)9-29(28-17)8-11-4-2-3-5-13(11)21/h2-7,9H,8H2,1H3,(H,26,28,31). The lowest BCUT2D eigenvalue weighted by molar-refractivity contribution is 0.0868. The lowest BCUT2D eigenvalue weighted by atomic mass is 10.2. The van der Waals surface area contributed by atoms with Crippen LogP contribution in [0.2, 0.25) is 5.02 Å². The Labute approximate surface area is 193 Å². The van der Waals surface area contributed by atoms with Gasteiger partial charge in [-0.3, -0.25) is 9.48 Å². The van der Waals surface area contributed by atoms with Crippen molar-refractivity contribution < 1.29 is 13.6 Å². The van der Waals surface area contributed by atoms with Gasteiger partial charge < -0.3 is 5.32 Å². The second-order valence-corrected chi connectivity index (χ2v) is 8.39. The third-order valence-electron chi connectivity index (χ3n) is 4.32. The van der Waals surface area contributed by atoms with Crippen LogP contribution in [0.25, 0.3) is 5.65 Å². The average Bonchev–Trinajstić information content (AvgIpc) is 3.25. The van der Waals surface area contributed by atoms with E-state index in [1.165, 1.54) is 6.07 Å². The number of halogens is 5. The first-order valence-corrected chi connectivity index (χ1v) is 10.4. The highest BCUT2D eigenvalue weighted by atomic mass is 79.9. The Balaban J connectivity index is 1.60. The molecular weight excluding hydrogens is 517 g/mol. The summed E-state index contributed by atoms with van der Waals surface area (Å²) in [6.45, 7) is 1.93. The van der Waals surface area contributed by atoms with E-state index in [4.69, 9.17) is 23.2 Å². The molecule has 4 rings (SSSR count). The molecule has 7 nitrogen and oxygen atoms in total. The predicted molar refractivity (Wildman–Crippen MR) is 116 cm³/mol. The molecule has 0 saturated carbocycles. The van der Waals surface area contributed by atoms with Gasteiger partial charge in [0.15, 0.2) is 17.2 Å². The molecule has 0 radical (unpaired) electrons. The third kappa shape index (κ3) is 4.56. The predicted octanol–water partition coefficient (Wildman–Crippen LogP) is 5.24. The van der Waals surface area contributed by atoms with Crippen LogP contribution >= 0.6 is 39.1 Å². The summed E-state index contributed by atoms with van der Waals surface area (Å²) in [6, 6.07) is 9.74. The molecular formula is C19H13BrCl2F2N6O. The van der Waals surface area contributed by atoms with Crippen molar-refractivity contribution in [1.82, 2.24) is 24.4 Å². The molecule has 0 aliphatic heterocycles. The molecule has 31 heavy (non-hydrogen) atoms. The fraction of sp³-hybridized carbons (Fsp3) is 0.158. The van der Waals surface area contributed by atoms with E-state index in [1.807, 2.05) is 18.2 Å². The minimum absolute atomic E-state index is 0.0730. The minimum Gasteiger partial charge on any atom is -0.303 e. The summed E-state index contributed by atoms with van der Waals surface area (Å²) in [6.07, 6.45) is 1.68. The number of hydrogen-bond donors (Lipinski definition) is 1. The maximum atomic E-state index is 13.7. The smallest absolute Gasteiger partial charge is 0.303 e. The molecule has 1 aromatic carbocycles. The Morgan fingerprint density at radius 1 is 1.26 bits per heavy atom. The van der Waals surface area contributed by atoms with Crippen LogP contribution in [0.5, 0.6) is 0 Å². The number of rotatable bonds is 5. The number of nitrogens with one attached hydrogen (secondary N) is 1. The van der Waals surface area contributed by atoms with Crippen molar-refractivity contribution >= 4 is 56.5 Å². The number of carbonyl (C=O) groups is 1. The van der Waals surface area contributed by atoms with Gasteiger partial charge in [0.1, 0.15) is 5.69 Å². The molecule has 0 aliphatic carbocycles.